The van der Waals surface area contributed by atoms with Crippen LogP contribution >= 0.6 is 11.8 Å². The van der Waals surface area contributed by atoms with Crippen LogP contribution in [-0.4, -0.2) is 7.85 Å². The van der Waals surface area contributed by atoms with Gasteiger partial charge in [0.15, 0.2) is 0 Å². The minimum atomic E-state index is 0.718. The first-order valence-corrected chi connectivity index (χ1v) is 22.9. The molecular formula is C59H55BN2S. The molecule has 4 heteroatoms. The maximum absolute atomic E-state index is 6.63. The van der Waals surface area contributed by atoms with Gasteiger partial charge in [-0.2, -0.15) is 0 Å². The summed E-state index contributed by atoms with van der Waals surface area (Å²) in [7, 11) is 6.63. The topological polar surface area (TPSA) is 15.3 Å². The lowest BCUT2D eigenvalue weighted by Gasteiger charge is -2.37. The van der Waals surface area contributed by atoms with Gasteiger partial charge in [-0.25, -0.2) is 0 Å². The molecule has 63 heavy (non-hydrogen) atoms. The molecule has 2 nitrogen and oxygen atoms in total. The van der Waals surface area contributed by atoms with E-state index in [0.29, 0.717) is 0 Å². The Morgan fingerprint density at radius 3 is 2.29 bits per heavy atom. The van der Waals surface area contributed by atoms with Crippen LogP contribution in [0, 0.1) is 6.92 Å². The highest BCUT2D eigenvalue weighted by atomic mass is 32.2. The predicted octanol–water partition coefficient (Wildman–Crippen LogP) is 16.4. The van der Waals surface area contributed by atoms with Gasteiger partial charge in [0, 0.05) is 37.9 Å². The Hall–Kier alpha value is -6.49. The van der Waals surface area contributed by atoms with Gasteiger partial charge in [-0.3, -0.25) is 0 Å². The molecule has 310 valence electrons. The van der Waals surface area contributed by atoms with Crippen molar-refractivity contribution in [2.45, 2.75) is 65.2 Å². The van der Waals surface area contributed by atoms with Crippen molar-refractivity contribution in [1.82, 2.24) is 0 Å². The monoisotopic (exact) mass is 834 g/mol. The Morgan fingerprint density at radius 2 is 1.56 bits per heavy atom. The highest BCUT2D eigenvalue weighted by Gasteiger charge is 2.32. The third kappa shape index (κ3) is 8.79. The van der Waals surface area contributed by atoms with Gasteiger partial charge in [0.1, 0.15) is 7.85 Å². The van der Waals surface area contributed by atoms with Crippen molar-refractivity contribution >= 4 is 69.9 Å². The van der Waals surface area contributed by atoms with Crippen LogP contribution in [0.4, 0.5) is 22.7 Å². The fraction of sp³-hybridized carbons (Fsp3) is 0.153. The lowest BCUT2D eigenvalue weighted by Crippen LogP contribution is -2.22. The molecule has 0 aromatic heterocycles. The van der Waals surface area contributed by atoms with E-state index in [2.05, 4.69) is 204 Å². The Kier molecular flexibility index (Phi) is 13.2. The number of hydrogen-bond donors (Lipinski definition) is 1. The number of anilines is 4. The first kappa shape index (κ1) is 43.2. The normalized spacial score (nSPS) is 14.0. The van der Waals surface area contributed by atoms with Gasteiger partial charge in [-0.05, 0) is 127 Å². The van der Waals surface area contributed by atoms with Gasteiger partial charge < -0.3 is 10.2 Å². The molecule has 1 heterocycles. The maximum Gasteiger partial charge on any atom is 0.113 e. The molecule has 0 unspecified atom stereocenters. The van der Waals surface area contributed by atoms with Crippen LogP contribution in [0.5, 0.6) is 0 Å². The Bertz CT molecular complexity index is 2870. The lowest BCUT2D eigenvalue weighted by atomic mass is 9.84. The molecular weight excluding hydrogens is 780 g/mol. The summed E-state index contributed by atoms with van der Waals surface area (Å²) in [6, 6.07) is 43.9. The third-order valence-corrected chi connectivity index (χ3v) is 13.4. The molecule has 0 fully saturated rings. The quantitative estimate of drug-likeness (QED) is 0.0922. The summed E-state index contributed by atoms with van der Waals surface area (Å²) < 4.78 is 0. The van der Waals surface area contributed by atoms with E-state index in [1.807, 2.05) is 30.0 Å². The average Bonchev–Trinajstić information content (AvgIpc) is 3.30. The molecule has 2 radical (unpaired) electrons. The number of allylic oxidation sites excluding steroid dienone is 10. The molecule has 0 saturated heterocycles. The number of hydrogen-bond acceptors (Lipinski definition) is 3. The number of aryl methyl sites for hydroxylation is 1. The predicted molar refractivity (Wildman–Crippen MR) is 279 cm³/mol. The molecule has 6 aromatic rings. The van der Waals surface area contributed by atoms with Crippen molar-refractivity contribution in [3.63, 3.8) is 0 Å². The minimum absolute atomic E-state index is 0.718. The van der Waals surface area contributed by atoms with E-state index < -0.39 is 0 Å². The fourth-order valence-corrected chi connectivity index (χ4v) is 10.3. The van der Waals surface area contributed by atoms with Crippen LogP contribution in [0.1, 0.15) is 80.3 Å². The van der Waals surface area contributed by atoms with E-state index in [4.69, 9.17) is 7.85 Å². The Labute approximate surface area is 381 Å². The van der Waals surface area contributed by atoms with E-state index in [0.717, 1.165) is 104 Å². The number of fused-ring (bicyclic) bond motifs is 1. The average molecular weight is 835 g/mol. The zero-order chi connectivity index (χ0) is 44.0. The van der Waals surface area contributed by atoms with Gasteiger partial charge in [-0.15, -0.1) is 0 Å². The second kappa shape index (κ2) is 19.3. The number of nitrogens with one attached hydrogen (secondary N) is 1. The highest BCUT2D eigenvalue weighted by molar-refractivity contribution is 8.08. The van der Waals surface area contributed by atoms with E-state index in [-0.39, 0.29) is 0 Å². The summed E-state index contributed by atoms with van der Waals surface area (Å²) in [4.78, 5) is 4.81. The second-order valence-electron chi connectivity index (χ2n) is 16.4. The summed E-state index contributed by atoms with van der Waals surface area (Å²) in [6.07, 6.45) is 18.9. The molecule has 0 bridgehead atoms. The maximum atomic E-state index is 6.63. The molecule has 1 aliphatic heterocycles. The van der Waals surface area contributed by atoms with Crippen molar-refractivity contribution in [3.8, 4) is 22.3 Å². The second-order valence-corrected chi connectivity index (χ2v) is 17.4. The highest BCUT2D eigenvalue weighted by Crippen LogP contribution is 2.57. The largest absolute Gasteiger partial charge is 0.355 e. The van der Waals surface area contributed by atoms with Crippen LogP contribution in [-0.2, 0) is 6.42 Å². The van der Waals surface area contributed by atoms with Crippen molar-refractivity contribution < 1.29 is 0 Å². The molecule has 0 spiro atoms. The molecule has 2 aliphatic rings. The summed E-state index contributed by atoms with van der Waals surface area (Å²) in [5.41, 5.74) is 21.8. The van der Waals surface area contributed by atoms with Crippen LogP contribution in [0.25, 0.3) is 44.4 Å². The van der Waals surface area contributed by atoms with Gasteiger partial charge in [0.25, 0.3) is 0 Å². The van der Waals surface area contributed by atoms with Crippen molar-refractivity contribution in [2.24, 2.45) is 0 Å². The zero-order valence-electron chi connectivity index (χ0n) is 37.3. The van der Waals surface area contributed by atoms with Gasteiger partial charge in [-0.1, -0.05) is 183 Å². The molecule has 6 aromatic carbocycles. The first-order chi connectivity index (χ1) is 30.7. The molecule has 0 amide bonds. The molecule has 1 aliphatic carbocycles. The zero-order valence-corrected chi connectivity index (χ0v) is 38.1. The van der Waals surface area contributed by atoms with E-state index in [9.17, 15) is 0 Å². The SMILES string of the molecule is [B]c1ccc(N2C(C)=C(c3ccccc3C=C)Sc3c(-c4ccc(C5=C(C)C=CCC5)c(CCC)c4Nc4ccc(C)cc4)cc(C(/C=C\C)=C/C=C)cc32)c(-c2ccccc2)c1. The Morgan fingerprint density at radius 1 is 0.794 bits per heavy atom. The number of thioether (sulfide) groups is 1. The molecule has 0 saturated carbocycles. The minimum Gasteiger partial charge on any atom is -0.355 e. The van der Waals surface area contributed by atoms with Gasteiger partial charge in [0.2, 0.25) is 0 Å². The van der Waals surface area contributed by atoms with Gasteiger partial charge >= 0.3 is 0 Å². The molecule has 8 rings (SSSR count). The summed E-state index contributed by atoms with van der Waals surface area (Å²) >= 11 is 1.85. The summed E-state index contributed by atoms with van der Waals surface area (Å²) in [6.45, 7) is 19.4. The number of rotatable bonds is 13. The van der Waals surface area contributed by atoms with Crippen LogP contribution < -0.4 is 15.7 Å². The van der Waals surface area contributed by atoms with E-state index in [1.54, 1.807) is 0 Å². The van der Waals surface area contributed by atoms with Gasteiger partial charge in [0.05, 0.1) is 17.1 Å². The van der Waals surface area contributed by atoms with Crippen LogP contribution in [0.2, 0.25) is 0 Å². The third-order valence-electron chi connectivity index (χ3n) is 12.1. The number of benzene rings is 6. The van der Waals surface area contributed by atoms with Crippen molar-refractivity contribution in [2.75, 3.05) is 10.2 Å². The van der Waals surface area contributed by atoms with E-state index in [1.165, 1.54) is 37.6 Å². The molecule has 1 N–H and O–H groups in total. The van der Waals surface area contributed by atoms with Crippen LogP contribution in [0.15, 0.2) is 187 Å². The summed E-state index contributed by atoms with van der Waals surface area (Å²) in [5.74, 6) is 0. The lowest BCUT2D eigenvalue weighted by molar-refractivity contribution is 0.915. The summed E-state index contributed by atoms with van der Waals surface area (Å²) in [5, 5.41) is 4.05. The van der Waals surface area contributed by atoms with Crippen molar-refractivity contribution in [1.29, 1.82) is 0 Å². The standard InChI is InChI=1S/C59H55BN2S/c1-8-19-43(20-9-2)45-36-54(52-34-33-50(48-26-17-15-22-40(48)6)51(21-10-3)57(52)61-47-31-28-39(5)29-32-47)59-56(37-45)62(41(7)58(63-59)49-27-18-16-23-42(49)11-4)55-35-30-46(60)38-53(55)44-24-13-12-14-25-44/h8-9,11-16,18-20,22-25,27-38,61H,1,4,10,17,21,26H2,2-3,5-7H3/b20-9-,43-19+. The van der Waals surface area contributed by atoms with Crippen LogP contribution in [0.3, 0.4) is 0 Å². The smallest absolute Gasteiger partial charge is 0.113 e. The fourth-order valence-electron chi connectivity index (χ4n) is 9.03. The van der Waals surface area contributed by atoms with Crippen molar-refractivity contribution in [3.05, 3.63) is 216 Å². The van der Waals surface area contributed by atoms with E-state index >= 15 is 0 Å². The number of nitrogens with zero attached hydrogens (tertiary/aromatic N) is 1. The molecule has 0 atom stereocenters. The first-order valence-electron chi connectivity index (χ1n) is 22.1. The Balaban J connectivity index is 1.51.